The van der Waals surface area contributed by atoms with Crippen molar-refractivity contribution >= 4 is 45.0 Å². The second kappa shape index (κ2) is 6.89. The van der Waals surface area contributed by atoms with Crippen LogP contribution in [0.3, 0.4) is 0 Å². The molecule has 0 saturated carbocycles. The molecule has 3 rings (SSSR count). The number of carboxylic acids is 1. The van der Waals surface area contributed by atoms with E-state index in [-0.39, 0.29) is 11.2 Å². The molecule has 0 atom stereocenters. The van der Waals surface area contributed by atoms with Gasteiger partial charge in [-0.2, -0.15) is 0 Å². The molecule has 3 aromatic rings. The number of carbonyl (C=O) groups is 1. The topological polar surface area (TPSA) is 64.2 Å². The fraction of sp³-hybridized carbons (Fsp3) is 0.118. The van der Waals surface area contributed by atoms with Crippen LogP contribution in [0.1, 0.15) is 5.56 Å². The van der Waals surface area contributed by atoms with E-state index in [0.29, 0.717) is 20.9 Å². The van der Waals surface area contributed by atoms with Crippen molar-refractivity contribution in [1.29, 1.82) is 0 Å². The van der Waals surface area contributed by atoms with Crippen LogP contribution in [0, 0.1) is 10.5 Å². The average molecular weight is 423 g/mol. The quantitative estimate of drug-likeness (QED) is 0.652. The number of hydrogen-bond donors (Lipinski definition) is 1. The molecule has 8 heteroatoms. The molecule has 0 radical (unpaired) electrons. The number of para-hydroxylation sites is 1. The zero-order valence-corrected chi connectivity index (χ0v) is 15.2. The van der Waals surface area contributed by atoms with Gasteiger partial charge in [0, 0.05) is 15.4 Å². The van der Waals surface area contributed by atoms with Gasteiger partial charge in [-0.25, -0.2) is 9.18 Å². The van der Waals surface area contributed by atoms with Gasteiger partial charge >= 0.3 is 11.7 Å². The Kier molecular flexibility index (Phi) is 4.82. The van der Waals surface area contributed by atoms with Crippen molar-refractivity contribution in [3.05, 3.63) is 73.4 Å². The lowest BCUT2D eigenvalue weighted by atomic mass is 10.2. The standard InChI is InChI=1S/C17H12BrFN2O3S/c18-11-6-5-10(13(19)7-11)8-20-14-4-2-1-3-12(14)16(25)21(17(20)24)9-15(22)23/h1-7H,8-9H2,(H,22,23). The number of benzene rings is 2. The summed E-state index contributed by atoms with van der Waals surface area (Å²) in [7, 11) is 0. The zero-order chi connectivity index (χ0) is 18.1. The van der Waals surface area contributed by atoms with Gasteiger partial charge < -0.3 is 5.11 Å². The Morgan fingerprint density at radius 3 is 2.60 bits per heavy atom. The predicted octanol–water partition coefficient (Wildman–Crippen LogP) is 3.57. The number of aromatic nitrogens is 2. The summed E-state index contributed by atoms with van der Waals surface area (Å²) in [4.78, 5) is 23.9. The number of aliphatic carboxylic acids is 1. The summed E-state index contributed by atoms with van der Waals surface area (Å²) in [5.74, 6) is -1.64. The molecule has 0 amide bonds. The van der Waals surface area contributed by atoms with Crippen molar-refractivity contribution < 1.29 is 14.3 Å². The summed E-state index contributed by atoms with van der Waals surface area (Å²) in [6, 6.07) is 11.5. The number of hydrogen-bond acceptors (Lipinski definition) is 3. The molecule has 2 aromatic carbocycles. The first kappa shape index (κ1) is 17.5. The Morgan fingerprint density at radius 1 is 1.20 bits per heavy atom. The Balaban J connectivity index is 2.28. The number of fused-ring (bicyclic) bond motifs is 1. The zero-order valence-electron chi connectivity index (χ0n) is 12.8. The van der Waals surface area contributed by atoms with Gasteiger partial charge in [-0.1, -0.05) is 46.3 Å². The minimum absolute atomic E-state index is 0.0340. The molecule has 5 nitrogen and oxygen atoms in total. The number of carboxylic acid groups (broad SMARTS) is 1. The van der Waals surface area contributed by atoms with Gasteiger partial charge in [-0.3, -0.25) is 13.9 Å². The maximum absolute atomic E-state index is 14.2. The number of nitrogens with zero attached hydrogens (tertiary/aromatic N) is 2. The van der Waals surface area contributed by atoms with Crippen LogP contribution in [-0.2, 0) is 17.9 Å². The lowest BCUT2D eigenvalue weighted by molar-refractivity contribution is -0.137. The van der Waals surface area contributed by atoms with Gasteiger partial charge in [-0.05, 0) is 24.3 Å². The van der Waals surface area contributed by atoms with Crippen LogP contribution < -0.4 is 5.69 Å². The van der Waals surface area contributed by atoms with Gasteiger partial charge in [0.2, 0.25) is 0 Å². The molecule has 0 spiro atoms. The highest BCUT2D eigenvalue weighted by Crippen LogP contribution is 2.19. The van der Waals surface area contributed by atoms with Crippen molar-refractivity contribution in [2.45, 2.75) is 13.1 Å². The maximum atomic E-state index is 14.2. The van der Waals surface area contributed by atoms with Crippen molar-refractivity contribution in [2.75, 3.05) is 0 Å². The maximum Gasteiger partial charge on any atom is 0.330 e. The molecular formula is C17H12BrFN2O3S. The molecular weight excluding hydrogens is 411 g/mol. The molecule has 1 N–H and O–H groups in total. The highest BCUT2D eigenvalue weighted by atomic mass is 79.9. The molecule has 0 aliphatic heterocycles. The number of halogens is 2. The van der Waals surface area contributed by atoms with Crippen molar-refractivity contribution in [3.8, 4) is 0 Å². The van der Waals surface area contributed by atoms with Crippen LogP contribution in [0.2, 0.25) is 0 Å². The molecule has 0 aliphatic carbocycles. The Labute approximate surface area is 155 Å². The minimum atomic E-state index is -1.18. The van der Waals surface area contributed by atoms with E-state index in [1.807, 2.05) is 0 Å². The van der Waals surface area contributed by atoms with Gasteiger partial charge in [0.25, 0.3) is 0 Å². The van der Waals surface area contributed by atoms with Crippen LogP contribution in [0.5, 0.6) is 0 Å². The van der Waals surface area contributed by atoms with E-state index >= 15 is 0 Å². The minimum Gasteiger partial charge on any atom is -0.480 e. The first-order valence-electron chi connectivity index (χ1n) is 7.26. The summed E-state index contributed by atoms with van der Waals surface area (Å²) in [6.45, 7) is -0.584. The SMILES string of the molecule is O=C(O)Cn1c(=S)c2ccccc2n(Cc2ccc(Br)cc2F)c1=O. The van der Waals surface area contributed by atoms with E-state index in [9.17, 15) is 14.0 Å². The van der Waals surface area contributed by atoms with Gasteiger partial charge in [-0.15, -0.1) is 0 Å². The fourth-order valence-corrected chi connectivity index (χ4v) is 3.27. The molecule has 0 bridgehead atoms. The summed E-state index contributed by atoms with van der Waals surface area (Å²) in [5, 5.41) is 9.63. The third kappa shape index (κ3) is 3.40. The second-order valence-corrected chi connectivity index (χ2v) is 6.71. The highest BCUT2D eigenvalue weighted by molar-refractivity contribution is 9.10. The molecule has 0 unspecified atom stereocenters. The molecule has 1 aromatic heterocycles. The first-order valence-corrected chi connectivity index (χ1v) is 8.46. The average Bonchev–Trinajstić information content (AvgIpc) is 2.57. The van der Waals surface area contributed by atoms with Crippen molar-refractivity contribution in [2.24, 2.45) is 0 Å². The van der Waals surface area contributed by atoms with E-state index in [1.165, 1.54) is 10.6 Å². The lowest BCUT2D eigenvalue weighted by Crippen LogP contribution is -2.34. The Bertz CT molecular complexity index is 1110. The Morgan fingerprint density at radius 2 is 1.92 bits per heavy atom. The van der Waals surface area contributed by atoms with Crippen LogP contribution >= 0.6 is 28.1 Å². The van der Waals surface area contributed by atoms with E-state index in [0.717, 1.165) is 4.57 Å². The Hall–Kier alpha value is -2.32. The van der Waals surface area contributed by atoms with Crippen LogP contribution in [0.4, 0.5) is 4.39 Å². The van der Waals surface area contributed by atoms with E-state index < -0.39 is 24.0 Å². The third-order valence-electron chi connectivity index (χ3n) is 3.77. The summed E-state index contributed by atoms with van der Waals surface area (Å²) in [6.07, 6.45) is 0. The molecule has 0 fully saturated rings. The predicted molar refractivity (Wildman–Crippen MR) is 97.9 cm³/mol. The molecule has 0 saturated heterocycles. The van der Waals surface area contributed by atoms with Crippen LogP contribution in [0.15, 0.2) is 51.7 Å². The summed E-state index contributed by atoms with van der Waals surface area (Å²) < 4.78 is 17.3. The fourth-order valence-electron chi connectivity index (χ4n) is 2.62. The molecule has 128 valence electrons. The smallest absolute Gasteiger partial charge is 0.330 e. The number of rotatable bonds is 4. The molecule has 25 heavy (non-hydrogen) atoms. The molecule has 1 heterocycles. The van der Waals surface area contributed by atoms with Crippen LogP contribution in [0.25, 0.3) is 10.9 Å². The van der Waals surface area contributed by atoms with E-state index in [2.05, 4.69) is 15.9 Å². The highest BCUT2D eigenvalue weighted by Gasteiger charge is 2.14. The van der Waals surface area contributed by atoms with Crippen LogP contribution in [-0.4, -0.2) is 20.2 Å². The monoisotopic (exact) mass is 422 g/mol. The van der Waals surface area contributed by atoms with E-state index in [1.54, 1.807) is 36.4 Å². The third-order valence-corrected chi connectivity index (χ3v) is 4.70. The summed E-state index contributed by atoms with van der Waals surface area (Å²) in [5.41, 5.74) is 0.254. The largest absolute Gasteiger partial charge is 0.480 e. The van der Waals surface area contributed by atoms with E-state index in [4.69, 9.17) is 17.3 Å². The van der Waals surface area contributed by atoms with Crippen molar-refractivity contribution in [3.63, 3.8) is 0 Å². The molecule has 0 aliphatic rings. The van der Waals surface area contributed by atoms with Crippen molar-refractivity contribution in [1.82, 2.24) is 9.13 Å². The van der Waals surface area contributed by atoms with Gasteiger partial charge in [0.05, 0.1) is 12.1 Å². The normalized spacial score (nSPS) is 11.0. The second-order valence-electron chi connectivity index (χ2n) is 5.41. The lowest BCUT2D eigenvalue weighted by Gasteiger charge is -2.15. The van der Waals surface area contributed by atoms with Gasteiger partial charge in [0.1, 0.15) is 17.0 Å². The first-order chi connectivity index (χ1) is 11.9. The van der Waals surface area contributed by atoms with Gasteiger partial charge in [0.15, 0.2) is 0 Å². The summed E-state index contributed by atoms with van der Waals surface area (Å²) >= 11 is 8.47.